The molecule has 3 aliphatic rings. The number of carbonyl (C=O) groups excluding carboxylic acids is 1. The molecule has 6 heteroatoms. The number of hydrogen-bond acceptors (Lipinski definition) is 4. The molecule has 0 unspecified atom stereocenters. The molecule has 5 rings (SSSR count). The lowest BCUT2D eigenvalue weighted by atomic mass is 9.83. The van der Waals surface area contributed by atoms with Gasteiger partial charge in [-0.3, -0.25) is 4.79 Å². The summed E-state index contributed by atoms with van der Waals surface area (Å²) in [5.41, 5.74) is 2.51. The highest BCUT2D eigenvalue weighted by Gasteiger charge is 2.58. The van der Waals surface area contributed by atoms with Gasteiger partial charge in [0.1, 0.15) is 5.82 Å². The molecule has 144 valence electrons. The molecule has 1 amide bonds. The van der Waals surface area contributed by atoms with Crippen LogP contribution in [0.1, 0.15) is 56.7 Å². The van der Waals surface area contributed by atoms with Crippen LogP contribution >= 0.6 is 0 Å². The molecule has 3 N–H and O–H groups in total. The molecule has 0 radical (unpaired) electrons. The smallest absolute Gasteiger partial charge is 0.230 e. The van der Waals surface area contributed by atoms with E-state index in [0.717, 1.165) is 80.6 Å². The van der Waals surface area contributed by atoms with Gasteiger partial charge in [0.05, 0.1) is 22.0 Å². The van der Waals surface area contributed by atoms with Crippen LogP contribution in [0.2, 0.25) is 0 Å². The molecule has 2 heterocycles. The van der Waals surface area contributed by atoms with Crippen molar-refractivity contribution in [3.63, 3.8) is 0 Å². The van der Waals surface area contributed by atoms with Crippen LogP contribution in [0.3, 0.4) is 0 Å². The third kappa shape index (κ3) is 2.86. The van der Waals surface area contributed by atoms with E-state index in [1.54, 1.807) is 7.11 Å². The van der Waals surface area contributed by atoms with Gasteiger partial charge in [0, 0.05) is 18.7 Å². The fourth-order valence-electron chi connectivity index (χ4n) is 5.40. The number of nitrogens with zero attached hydrogens (tertiary/aromatic N) is 1. The normalized spacial score (nSPS) is 30.9. The average molecular weight is 368 g/mol. The van der Waals surface area contributed by atoms with Crippen molar-refractivity contribution in [2.75, 3.05) is 25.5 Å². The van der Waals surface area contributed by atoms with E-state index in [-0.39, 0.29) is 16.9 Å². The molecule has 1 aromatic heterocycles. The highest BCUT2D eigenvalue weighted by atomic mass is 16.5. The minimum atomic E-state index is -0.251. The van der Waals surface area contributed by atoms with Gasteiger partial charge in [-0.15, -0.1) is 0 Å². The number of hydrogen-bond donors (Lipinski definition) is 3. The number of anilines is 1. The molecule has 0 atom stereocenters. The summed E-state index contributed by atoms with van der Waals surface area (Å²) < 4.78 is 5.74. The Labute approximate surface area is 159 Å². The number of amides is 1. The Morgan fingerprint density at radius 2 is 2.00 bits per heavy atom. The Bertz CT molecular complexity index is 860. The monoisotopic (exact) mass is 368 g/mol. The SMILES string of the molecule is COC12CCC(C(=O)Nc3ccc4nc(C5CCNCC5)[nH]c4c3)(CC1)C2. The molecule has 1 aromatic carbocycles. The van der Waals surface area contributed by atoms with Crippen molar-refractivity contribution in [2.24, 2.45) is 5.41 Å². The second-order valence-corrected chi connectivity index (χ2v) is 8.68. The average Bonchev–Trinajstić information content (AvgIpc) is 3.41. The summed E-state index contributed by atoms with van der Waals surface area (Å²) in [5, 5.41) is 6.57. The van der Waals surface area contributed by atoms with E-state index >= 15 is 0 Å². The summed E-state index contributed by atoms with van der Waals surface area (Å²) in [6.07, 6.45) is 6.94. The van der Waals surface area contributed by atoms with E-state index in [0.29, 0.717) is 5.92 Å². The standard InChI is InChI=1S/C21H28N4O2/c1-27-21-8-6-20(13-21,7-9-21)19(26)23-15-2-3-16-17(12-15)25-18(24-16)14-4-10-22-11-5-14/h2-3,12,14,22H,4-11,13H2,1H3,(H,23,26)(H,24,25). The molecule has 0 spiro atoms. The Morgan fingerprint density at radius 1 is 1.22 bits per heavy atom. The van der Waals surface area contributed by atoms with Gasteiger partial charge >= 0.3 is 0 Å². The van der Waals surface area contributed by atoms with Crippen LogP contribution in [0.25, 0.3) is 11.0 Å². The van der Waals surface area contributed by atoms with Gasteiger partial charge in [-0.2, -0.15) is 0 Å². The number of benzene rings is 1. The number of aromatic amines is 1. The van der Waals surface area contributed by atoms with Gasteiger partial charge in [0.25, 0.3) is 0 Å². The van der Waals surface area contributed by atoms with E-state index < -0.39 is 0 Å². The highest BCUT2D eigenvalue weighted by molar-refractivity contribution is 5.97. The van der Waals surface area contributed by atoms with Crippen LogP contribution < -0.4 is 10.6 Å². The fraction of sp³-hybridized carbons (Fsp3) is 0.619. The van der Waals surface area contributed by atoms with Crippen LogP contribution in [0.5, 0.6) is 0 Å². The molecule has 3 fully saturated rings. The van der Waals surface area contributed by atoms with Crippen molar-refractivity contribution in [3.8, 4) is 0 Å². The topological polar surface area (TPSA) is 79.0 Å². The zero-order valence-electron chi connectivity index (χ0n) is 15.9. The summed E-state index contributed by atoms with van der Waals surface area (Å²) in [5.74, 6) is 1.72. The summed E-state index contributed by atoms with van der Waals surface area (Å²) in [6.45, 7) is 2.10. The summed E-state index contributed by atoms with van der Waals surface area (Å²) in [4.78, 5) is 21.3. The number of carbonyl (C=O) groups is 1. The maximum Gasteiger partial charge on any atom is 0.230 e. The van der Waals surface area contributed by atoms with Crippen molar-refractivity contribution in [1.82, 2.24) is 15.3 Å². The minimum absolute atomic E-state index is 0.0611. The van der Waals surface area contributed by atoms with E-state index in [1.807, 2.05) is 18.2 Å². The zero-order chi connectivity index (χ0) is 18.5. The molecule has 2 saturated carbocycles. The minimum Gasteiger partial charge on any atom is -0.378 e. The number of H-pyrrole nitrogens is 1. The lowest BCUT2D eigenvalue weighted by Crippen LogP contribution is -2.32. The van der Waals surface area contributed by atoms with Crippen LogP contribution in [0.4, 0.5) is 5.69 Å². The number of aromatic nitrogens is 2. The van der Waals surface area contributed by atoms with E-state index in [9.17, 15) is 4.79 Å². The molecule has 2 aromatic rings. The molecule has 2 aliphatic carbocycles. The molecular formula is C21H28N4O2. The van der Waals surface area contributed by atoms with Crippen molar-refractivity contribution in [3.05, 3.63) is 24.0 Å². The number of piperidine rings is 1. The van der Waals surface area contributed by atoms with Crippen molar-refractivity contribution in [2.45, 2.75) is 56.5 Å². The maximum atomic E-state index is 13.0. The van der Waals surface area contributed by atoms with Gasteiger partial charge in [0.15, 0.2) is 0 Å². The molecule has 2 bridgehead atoms. The van der Waals surface area contributed by atoms with Crippen LogP contribution in [0, 0.1) is 5.41 Å². The zero-order valence-corrected chi connectivity index (χ0v) is 15.9. The number of rotatable bonds is 4. The third-order valence-corrected chi connectivity index (χ3v) is 7.18. The molecule has 1 aliphatic heterocycles. The Hall–Kier alpha value is -1.92. The first kappa shape index (κ1) is 17.2. The fourth-order valence-corrected chi connectivity index (χ4v) is 5.40. The van der Waals surface area contributed by atoms with Crippen LogP contribution in [-0.4, -0.2) is 41.7 Å². The van der Waals surface area contributed by atoms with Crippen LogP contribution in [0.15, 0.2) is 18.2 Å². The molecule has 27 heavy (non-hydrogen) atoms. The number of fused-ring (bicyclic) bond motifs is 3. The van der Waals surface area contributed by atoms with Gasteiger partial charge in [-0.1, -0.05) is 0 Å². The molecular weight excluding hydrogens is 340 g/mol. The lowest BCUT2D eigenvalue weighted by molar-refractivity contribution is -0.125. The second-order valence-electron chi connectivity index (χ2n) is 8.68. The first-order chi connectivity index (χ1) is 13.1. The van der Waals surface area contributed by atoms with Gasteiger partial charge in [0.2, 0.25) is 5.91 Å². The van der Waals surface area contributed by atoms with Crippen LogP contribution in [-0.2, 0) is 9.53 Å². The summed E-state index contributed by atoms with van der Waals surface area (Å²) in [6, 6.07) is 6.00. The number of ether oxygens (including phenoxy) is 1. The van der Waals surface area contributed by atoms with Gasteiger partial charge in [-0.05, 0) is 76.2 Å². The first-order valence-corrected chi connectivity index (χ1v) is 10.2. The van der Waals surface area contributed by atoms with E-state index in [1.165, 1.54) is 0 Å². The molecule has 1 saturated heterocycles. The van der Waals surface area contributed by atoms with E-state index in [2.05, 4.69) is 15.6 Å². The largest absolute Gasteiger partial charge is 0.378 e. The highest BCUT2D eigenvalue weighted by Crippen LogP contribution is 2.58. The number of nitrogens with one attached hydrogen (secondary N) is 3. The predicted octanol–water partition coefficient (Wildman–Crippen LogP) is 3.32. The quantitative estimate of drug-likeness (QED) is 0.773. The van der Waals surface area contributed by atoms with Crippen molar-refractivity contribution >= 4 is 22.6 Å². The number of imidazole rings is 1. The van der Waals surface area contributed by atoms with Crippen molar-refractivity contribution < 1.29 is 9.53 Å². The predicted molar refractivity (Wildman–Crippen MR) is 105 cm³/mol. The maximum absolute atomic E-state index is 13.0. The first-order valence-electron chi connectivity index (χ1n) is 10.2. The Morgan fingerprint density at radius 3 is 2.70 bits per heavy atom. The van der Waals surface area contributed by atoms with Gasteiger partial charge in [-0.25, -0.2) is 4.98 Å². The second kappa shape index (κ2) is 6.31. The summed E-state index contributed by atoms with van der Waals surface area (Å²) in [7, 11) is 1.78. The third-order valence-electron chi connectivity index (χ3n) is 7.18. The lowest BCUT2D eigenvalue weighted by Gasteiger charge is -2.26. The molecule has 6 nitrogen and oxygen atoms in total. The van der Waals surface area contributed by atoms with Gasteiger partial charge < -0.3 is 20.4 Å². The Kier molecular flexibility index (Phi) is 4.02. The number of methoxy groups -OCH3 is 1. The van der Waals surface area contributed by atoms with E-state index in [4.69, 9.17) is 9.72 Å². The summed E-state index contributed by atoms with van der Waals surface area (Å²) >= 11 is 0. The Balaban J connectivity index is 1.34. The van der Waals surface area contributed by atoms with Crippen molar-refractivity contribution in [1.29, 1.82) is 0 Å².